The quantitative estimate of drug-likeness (QED) is 0.0276. The number of hydrogen-bond donors (Lipinski definition) is 2. The Labute approximate surface area is 367 Å². The fourth-order valence-electron chi connectivity index (χ4n) is 5.55. The van der Waals surface area contributed by atoms with Gasteiger partial charge in [0.05, 0.1) is 39.9 Å². The molecule has 60 heavy (non-hydrogen) atoms. The average molecular weight is 853 g/mol. The van der Waals surface area contributed by atoms with Crippen LogP contribution < -0.4 is 10.2 Å². The van der Waals surface area contributed by atoms with E-state index in [4.69, 9.17) is 9.05 Å². The van der Waals surface area contributed by atoms with Crippen LogP contribution in [0.15, 0.2) is 122 Å². The fourth-order valence-corrected chi connectivity index (χ4v) is 6.28. The third-order valence-corrected chi connectivity index (χ3v) is 10.1. The Morgan fingerprint density at radius 2 is 1.02 bits per heavy atom. The molecule has 0 aliphatic rings. The molecule has 0 radical (unpaired) electrons. The van der Waals surface area contributed by atoms with Crippen LogP contribution in [0.2, 0.25) is 0 Å². The zero-order valence-electron chi connectivity index (χ0n) is 38.3. The number of quaternary nitrogens is 1. The number of phosphoric ester groups is 1. The maximum Gasteiger partial charge on any atom is 0.268 e. The van der Waals surface area contributed by atoms with Crippen LogP contribution in [-0.4, -0.2) is 68.5 Å². The van der Waals surface area contributed by atoms with Gasteiger partial charge in [-0.25, -0.2) is 0 Å². The number of unbranched alkanes of at least 4 members (excludes halogenated alkanes) is 8. The van der Waals surface area contributed by atoms with E-state index in [1.165, 1.54) is 19.3 Å². The van der Waals surface area contributed by atoms with Gasteiger partial charge in [0, 0.05) is 6.42 Å². The van der Waals surface area contributed by atoms with E-state index in [0.29, 0.717) is 23.9 Å². The summed E-state index contributed by atoms with van der Waals surface area (Å²) in [5, 5.41) is 13.6. The summed E-state index contributed by atoms with van der Waals surface area (Å²) in [6.45, 7) is 4.40. The first-order valence-corrected chi connectivity index (χ1v) is 24.4. The lowest BCUT2D eigenvalue weighted by molar-refractivity contribution is -0.870. The summed E-state index contributed by atoms with van der Waals surface area (Å²) in [6.07, 6.45) is 61.4. The first kappa shape index (κ1) is 56.9. The highest BCUT2D eigenvalue weighted by molar-refractivity contribution is 7.45. The molecular formula is C51H85N2O6P. The van der Waals surface area contributed by atoms with Crippen LogP contribution in [0.4, 0.5) is 0 Å². The number of allylic oxidation sites excluding steroid dienone is 19. The molecule has 0 heterocycles. The van der Waals surface area contributed by atoms with E-state index in [9.17, 15) is 19.4 Å². The minimum absolute atomic E-state index is 0.0158. The molecule has 0 aliphatic heterocycles. The number of carbonyl (C=O) groups is 1. The second-order valence-electron chi connectivity index (χ2n) is 16.0. The van der Waals surface area contributed by atoms with Crippen LogP contribution in [0.25, 0.3) is 0 Å². The molecule has 0 aromatic rings. The minimum Gasteiger partial charge on any atom is -0.756 e. The normalized spacial score (nSPS) is 15.4. The van der Waals surface area contributed by atoms with Crippen molar-refractivity contribution in [1.82, 2.24) is 5.32 Å². The number of carbonyl (C=O) groups excluding carboxylic acids is 1. The van der Waals surface area contributed by atoms with Gasteiger partial charge in [-0.05, 0) is 89.9 Å². The molecule has 3 atom stereocenters. The third kappa shape index (κ3) is 43.0. The molecular weight excluding hydrogens is 768 g/mol. The number of nitrogens with one attached hydrogen (secondary N) is 1. The Morgan fingerprint density at radius 1 is 0.600 bits per heavy atom. The van der Waals surface area contributed by atoms with Crippen molar-refractivity contribution in [2.45, 2.75) is 154 Å². The number of rotatable bonds is 39. The Morgan fingerprint density at radius 3 is 1.47 bits per heavy atom. The number of nitrogens with zero attached hydrogens (tertiary/aromatic N) is 1. The Kier molecular flexibility index (Phi) is 39.1. The van der Waals surface area contributed by atoms with Gasteiger partial charge in [0.25, 0.3) is 7.82 Å². The molecule has 0 aromatic heterocycles. The fraction of sp³-hybridized carbons (Fsp3) is 0.588. The SMILES string of the molecule is CC/C=C\C/C=C\C/C=C\C/C=C\C/C=C\C/C=C\C/C=C\C/C=C\C/C=C\CCCCCC(=O)NC(COP(=O)([O-])OCC[N+](C)(C)C)C(O)/C=C/CCCCCCC. The molecule has 0 bridgehead atoms. The molecule has 1 amide bonds. The van der Waals surface area contributed by atoms with Gasteiger partial charge < -0.3 is 28.8 Å². The largest absolute Gasteiger partial charge is 0.756 e. The Balaban J connectivity index is 4.25. The zero-order valence-corrected chi connectivity index (χ0v) is 39.2. The molecule has 9 heteroatoms. The molecule has 0 aliphatic carbocycles. The van der Waals surface area contributed by atoms with Gasteiger partial charge in [-0.15, -0.1) is 0 Å². The summed E-state index contributed by atoms with van der Waals surface area (Å²) in [5.74, 6) is -0.241. The number of likely N-dealkylation sites (N-methyl/N-ethyl adjacent to an activating group) is 1. The predicted molar refractivity (Wildman–Crippen MR) is 255 cm³/mol. The van der Waals surface area contributed by atoms with Crippen molar-refractivity contribution >= 4 is 13.7 Å². The highest BCUT2D eigenvalue weighted by Gasteiger charge is 2.23. The number of amides is 1. The molecule has 0 saturated carbocycles. The predicted octanol–water partition coefficient (Wildman–Crippen LogP) is 12.4. The lowest BCUT2D eigenvalue weighted by atomic mass is 10.1. The van der Waals surface area contributed by atoms with Crippen molar-refractivity contribution in [3.05, 3.63) is 122 Å². The van der Waals surface area contributed by atoms with Crippen LogP contribution in [0.1, 0.15) is 142 Å². The maximum absolute atomic E-state index is 12.8. The maximum atomic E-state index is 12.8. The van der Waals surface area contributed by atoms with Gasteiger partial charge in [0.1, 0.15) is 13.2 Å². The first-order valence-electron chi connectivity index (χ1n) is 22.9. The smallest absolute Gasteiger partial charge is 0.268 e. The van der Waals surface area contributed by atoms with E-state index in [1.54, 1.807) is 6.08 Å². The van der Waals surface area contributed by atoms with Crippen LogP contribution in [-0.2, 0) is 18.4 Å². The molecule has 0 spiro atoms. The number of hydrogen-bond acceptors (Lipinski definition) is 6. The van der Waals surface area contributed by atoms with E-state index < -0.39 is 26.6 Å². The van der Waals surface area contributed by atoms with Gasteiger partial charge >= 0.3 is 0 Å². The lowest BCUT2D eigenvalue weighted by Crippen LogP contribution is -2.45. The molecule has 0 fully saturated rings. The summed E-state index contributed by atoms with van der Waals surface area (Å²) in [7, 11) is 1.21. The summed E-state index contributed by atoms with van der Waals surface area (Å²) in [6, 6.07) is -0.910. The van der Waals surface area contributed by atoms with Crippen LogP contribution in [0, 0.1) is 0 Å². The molecule has 0 aromatic carbocycles. The Hall–Kier alpha value is -3.10. The highest BCUT2D eigenvalue weighted by Crippen LogP contribution is 2.38. The second-order valence-corrected chi connectivity index (χ2v) is 17.4. The topological polar surface area (TPSA) is 108 Å². The Bertz CT molecular complexity index is 1380. The van der Waals surface area contributed by atoms with Gasteiger partial charge in [-0.1, -0.05) is 167 Å². The van der Waals surface area contributed by atoms with Gasteiger partial charge in [0.2, 0.25) is 5.91 Å². The average Bonchev–Trinajstić information content (AvgIpc) is 3.20. The summed E-state index contributed by atoms with van der Waals surface area (Å²) in [5.41, 5.74) is 0. The molecule has 0 rings (SSSR count). The van der Waals surface area contributed by atoms with Crippen molar-refractivity contribution < 1.29 is 32.9 Å². The lowest BCUT2D eigenvalue weighted by Gasteiger charge is -2.29. The molecule has 8 nitrogen and oxygen atoms in total. The van der Waals surface area contributed by atoms with Gasteiger partial charge in [-0.3, -0.25) is 9.36 Å². The third-order valence-electron chi connectivity index (χ3n) is 9.18. The summed E-state index contributed by atoms with van der Waals surface area (Å²) >= 11 is 0. The number of aliphatic hydroxyl groups excluding tert-OH is 1. The van der Waals surface area contributed by atoms with E-state index >= 15 is 0 Å². The van der Waals surface area contributed by atoms with Crippen molar-refractivity contribution in [3.63, 3.8) is 0 Å². The molecule has 340 valence electrons. The molecule has 0 saturated heterocycles. The van der Waals surface area contributed by atoms with Crippen molar-refractivity contribution in [3.8, 4) is 0 Å². The van der Waals surface area contributed by atoms with Crippen LogP contribution in [0.5, 0.6) is 0 Å². The number of phosphoric acid groups is 1. The first-order chi connectivity index (χ1) is 29.0. The van der Waals surface area contributed by atoms with Gasteiger partial charge in [-0.2, -0.15) is 0 Å². The van der Waals surface area contributed by atoms with Crippen molar-refractivity contribution in [2.24, 2.45) is 0 Å². The van der Waals surface area contributed by atoms with Crippen molar-refractivity contribution in [1.29, 1.82) is 0 Å². The van der Waals surface area contributed by atoms with E-state index in [1.807, 2.05) is 27.2 Å². The zero-order chi connectivity index (χ0) is 44.3. The standard InChI is InChI=1S/C51H85N2O6P/c1-6-8-10-12-14-15-16-17-18-19-20-21-22-23-24-25-26-27-28-29-30-31-32-33-34-35-36-37-39-41-43-45-51(55)52-49(50(54)44-42-40-38-13-11-9-7-2)48-59-60(56,57)58-47-46-53(3,4)5/h8,10,14-15,17-18,20-21,23-24,26-27,29-30,32-33,35-36,42,44,49-50,54H,6-7,9,11-13,16,19,22,25,28,31,34,37-41,43,45-48H2,1-5H3,(H-,52,55,56,57)/b10-8-,15-14-,18-17-,21-20-,24-23-,27-26-,30-29-,33-32-,36-35-,44-42+. The van der Waals surface area contributed by atoms with Crippen molar-refractivity contribution in [2.75, 3.05) is 40.9 Å². The molecule has 3 unspecified atom stereocenters. The second kappa shape index (κ2) is 41.3. The monoisotopic (exact) mass is 853 g/mol. The van der Waals surface area contributed by atoms with E-state index in [-0.39, 0.29) is 12.5 Å². The van der Waals surface area contributed by atoms with Crippen LogP contribution >= 0.6 is 7.82 Å². The van der Waals surface area contributed by atoms with E-state index in [2.05, 4.69) is 129 Å². The summed E-state index contributed by atoms with van der Waals surface area (Å²) in [4.78, 5) is 25.2. The van der Waals surface area contributed by atoms with Gasteiger partial charge in [0.15, 0.2) is 0 Å². The minimum atomic E-state index is -4.60. The van der Waals surface area contributed by atoms with E-state index in [0.717, 1.165) is 96.3 Å². The van der Waals surface area contributed by atoms with Crippen LogP contribution in [0.3, 0.4) is 0 Å². The molecule has 2 N–H and O–H groups in total. The summed E-state index contributed by atoms with van der Waals surface area (Å²) < 4.78 is 23.0. The number of aliphatic hydroxyl groups is 1. The highest BCUT2D eigenvalue weighted by atomic mass is 31.2.